The van der Waals surface area contributed by atoms with Crippen LogP contribution in [0.5, 0.6) is 23.0 Å². The quantitative estimate of drug-likeness (QED) is 0.0959. The maximum absolute atomic E-state index is 6.05. The number of benzene rings is 4. The third-order valence-electron chi connectivity index (χ3n) is 6.34. The Balaban J connectivity index is 0.984. The Hall–Kier alpha value is -0.520. The minimum Gasteiger partial charge on any atom is -0.493 e. The summed E-state index contributed by atoms with van der Waals surface area (Å²) in [7, 11) is 3.34. The first-order valence-corrected chi connectivity index (χ1v) is 27.8. The van der Waals surface area contributed by atoms with Gasteiger partial charge in [-0.2, -0.15) is 0 Å². The summed E-state index contributed by atoms with van der Waals surface area (Å²) in [5.41, 5.74) is 2.38. The lowest BCUT2D eigenvalue weighted by Gasteiger charge is -2.36. The maximum Gasteiger partial charge on any atom is 0.161 e. The lowest BCUT2D eigenvalue weighted by Crippen LogP contribution is -2.10. The fourth-order valence-corrected chi connectivity index (χ4v) is 37.2. The van der Waals surface area contributed by atoms with Gasteiger partial charge in [-0.3, -0.25) is 0 Å². The van der Waals surface area contributed by atoms with Crippen LogP contribution in [0.25, 0.3) is 0 Å². The van der Waals surface area contributed by atoms with Crippen molar-refractivity contribution in [3.63, 3.8) is 0 Å². The topological polar surface area (TPSA) is 36.9 Å². The molecule has 2 fully saturated rings. The first kappa shape index (κ1) is 33.4. The van der Waals surface area contributed by atoms with E-state index in [1.807, 2.05) is 92.6 Å². The SMILES string of the molecule is COc1cc(C2SP(=S)(Sc3ccccc3)S2)ccc1OCCOc1ccc(C2SP(=S)(Sc3ccccc3)S2)cc1OC. The average Bonchev–Trinajstić information content (AvgIpc) is 3.01. The minimum atomic E-state index is -1.58. The molecule has 0 radical (unpaired) electrons. The number of hydrogen-bond acceptors (Lipinski definition) is 12. The first-order valence-electron chi connectivity index (χ1n) is 13.4. The molecule has 0 aliphatic carbocycles. The lowest BCUT2D eigenvalue weighted by molar-refractivity contribution is 0.206. The standard InChI is InChI=1S/C30H28O4P2S8/c1-31-27-19-21(29-41-35(37,42-29)39-23-9-5-3-6-10-23)13-15-25(27)33-17-18-34-26-16-14-22(20-28(26)32-2)30-43-36(38,44-30)40-24-11-7-4-8-12-24/h3-16,19-20,29-30H,17-18H2,1-2H3. The normalized spacial score (nSPS) is 24.0. The molecule has 2 heterocycles. The van der Waals surface area contributed by atoms with Gasteiger partial charge in [-0.05, 0) is 59.7 Å². The summed E-state index contributed by atoms with van der Waals surface area (Å²) in [4.78, 5) is 2.47. The molecule has 2 aliphatic rings. The molecule has 0 saturated carbocycles. The Morgan fingerprint density at radius 2 is 0.955 bits per heavy atom. The van der Waals surface area contributed by atoms with Crippen molar-refractivity contribution in [3.8, 4) is 23.0 Å². The van der Waals surface area contributed by atoms with Gasteiger partial charge in [0.1, 0.15) is 20.5 Å². The highest BCUT2D eigenvalue weighted by molar-refractivity contribution is 9.29. The van der Waals surface area contributed by atoms with Crippen LogP contribution in [-0.4, -0.2) is 27.4 Å². The fourth-order valence-electron chi connectivity index (χ4n) is 4.24. The number of ether oxygens (including phenoxy) is 4. The van der Waals surface area contributed by atoms with Crippen molar-refractivity contribution < 1.29 is 18.9 Å². The van der Waals surface area contributed by atoms with Gasteiger partial charge in [0.15, 0.2) is 23.0 Å². The molecule has 0 unspecified atom stereocenters. The van der Waals surface area contributed by atoms with Crippen molar-refractivity contribution in [3.05, 3.63) is 108 Å². The van der Waals surface area contributed by atoms with Gasteiger partial charge in [0, 0.05) is 9.79 Å². The van der Waals surface area contributed by atoms with Crippen LogP contribution in [0.15, 0.2) is 107 Å². The van der Waals surface area contributed by atoms with E-state index in [0.29, 0.717) is 45.4 Å². The molecule has 0 spiro atoms. The third-order valence-corrected chi connectivity index (χ3v) is 35.1. The van der Waals surface area contributed by atoms with E-state index in [-0.39, 0.29) is 0 Å². The van der Waals surface area contributed by atoms with Gasteiger partial charge in [-0.1, -0.05) is 140 Å². The van der Waals surface area contributed by atoms with Crippen molar-refractivity contribution in [2.75, 3.05) is 27.4 Å². The van der Waals surface area contributed by atoms with E-state index >= 15 is 0 Å². The monoisotopic (exact) mass is 770 g/mol. The molecule has 4 aromatic rings. The molecule has 4 aromatic carbocycles. The molecular formula is C30H28O4P2S8. The van der Waals surface area contributed by atoms with Gasteiger partial charge >= 0.3 is 0 Å². The molecular weight excluding hydrogens is 743 g/mol. The smallest absolute Gasteiger partial charge is 0.161 e. The Morgan fingerprint density at radius 1 is 0.568 bits per heavy atom. The summed E-state index contributed by atoms with van der Waals surface area (Å²) in [6.07, 6.45) is 0. The van der Waals surface area contributed by atoms with E-state index in [9.17, 15) is 0 Å². The van der Waals surface area contributed by atoms with Crippen molar-refractivity contribution in [2.24, 2.45) is 0 Å². The van der Waals surface area contributed by atoms with Crippen LogP contribution in [0.3, 0.4) is 0 Å². The summed E-state index contributed by atoms with van der Waals surface area (Å²) in [5.74, 6) is 2.81. The molecule has 6 rings (SSSR count). The van der Waals surface area contributed by atoms with E-state index in [1.54, 1.807) is 14.2 Å². The molecule has 2 aliphatic heterocycles. The fraction of sp³-hybridized carbons (Fsp3) is 0.200. The Morgan fingerprint density at radius 3 is 1.32 bits per heavy atom. The molecule has 0 amide bonds. The van der Waals surface area contributed by atoms with Crippen LogP contribution >= 0.6 is 75.6 Å². The number of methoxy groups -OCH3 is 2. The molecule has 230 valence electrons. The van der Waals surface area contributed by atoms with Crippen molar-refractivity contribution >= 4 is 99.2 Å². The summed E-state index contributed by atoms with van der Waals surface area (Å²) in [6.45, 7) is 0.742. The van der Waals surface area contributed by atoms with Gasteiger partial charge in [-0.15, -0.1) is 0 Å². The highest BCUT2D eigenvalue weighted by Gasteiger charge is 2.41. The lowest BCUT2D eigenvalue weighted by atomic mass is 10.2. The molecule has 4 nitrogen and oxygen atoms in total. The van der Waals surface area contributed by atoms with E-state index in [2.05, 4.69) is 72.8 Å². The van der Waals surface area contributed by atoms with Crippen LogP contribution in [0.4, 0.5) is 0 Å². The maximum atomic E-state index is 6.05. The Bertz CT molecular complexity index is 1550. The highest BCUT2D eigenvalue weighted by atomic mass is 33.5. The third kappa shape index (κ3) is 8.30. The van der Waals surface area contributed by atoms with Crippen LogP contribution in [0.1, 0.15) is 20.3 Å². The summed E-state index contributed by atoms with van der Waals surface area (Å²) >= 11 is 23.2. The zero-order valence-electron chi connectivity index (χ0n) is 23.6. The number of rotatable bonds is 13. The first-order chi connectivity index (χ1) is 21.4. The second kappa shape index (κ2) is 15.1. The predicted molar refractivity (Wildman–Crippen MR) is 206 cm³/mol. The van der Waals surface area contributed by atoms with E-state index in [1.165, 1.54) is 20.9 Å². The largest absolute Gasteiger partial charge is 0.493 e. The summed E-state index contributed by atoms with van der Waals surface area (Å²) in [6, 6.07) is 33.1. The summed E-state index contributed by atoms with van der Waals surface area (Å²) < 4.78 is 20.9. The van der Waals surface area contributed by atoms with Crippen molar-refractivity contribution in [1.29, 1.82) is 0 Å². The molecule has 2 saturated heterocycles. The van der Waals surface area contributed by atoms with Crippen LogP contribution in [0, 0.1) is 0 Å². The van der Waals surface area contributed by atoms with Crippen LogP contribution in [0.2, 0.25) is 0 Å². The van der Waals surface area contributed by atoms with Gasteiger partial charge in [0.25, 0.3) is 0 Å². The molecule has 0 atom stereocenters. The van der Waals surface area contributed by atoms with Crippen LogP contribution in [-0.2, 0) is 23.6 Å². The zero-order chi connectivity index (χ0) is 30.6. The number of hydrogen-bond donors (Lipinski definition) is 0. The van der Waals surface area contributed by atoms with Crippen molar-refractivity contribution in [1.82, 2.24) is 0 Å². The molecule has 0 bridgehead atoms. The highest BCUT2D eigenvalue weighted by Crippen LogP contribution is 2.96. The Kier molecular flexibility index (Phi) is 11.5. The molecule has 0 aromatic heterocycles. The summed E-state index contributed by atoms with van der Waals surface area (Å²) in [5, 5.41) is 0. The van der Waals surface area contributed by atoms with E-state index in [4.69, 9.17) is 42.6 Å². The molecule has 14 heteroatoms. The van der Waals surface area contributed by atoms with E-state index in [0.717, 1.165) is 0 Å². The van der Waals surface area contributed by atoms with Gasteiger partial charge in [0.05, 0.1) is 23.4 Å². The molecule has 44 heavy (non-hydrogen) atoms. The second-order valence-corrected chi connectivity index (χ2v) is 40.8. The van der Waals surface area contributed by atoms with E-state index < -0.39 is 7.29 Å². The second-order valence-electron chi connectivity index (χ2n) is 9.31. The average molecular weight is 771 g/mol. The zero-order valence-corrected chi connectivity index (χ0v) is 31.9. The van der Waals surface area contributed by atoms with Gasteiger partial charge in [0.2, 0.25) is 0 Å². The Labute approximate surface area is 293 Å². The predicted octanol–water partition coefficient (Wildman–Crippen LogP) is 12.2. The van der Waals surface area contributed by atoms with Gasteiger partial charge in [-0.25, -0.2) is 0 Å². The van der Waals surface area contributed by atoms with Gasteiger partial charge < -0.3 is 18.9 Å². The van der Waals surface area contributed by atoms with Crippen LogP contribution < -0.4 is 18.9 Å². The minimum absolute atomic E-state index is 0.308. The van der Waals surface area contributed by atoms with Crippen molar-refractivity contribution in [2.45, 2.75) is 19.0 Å². The molecule has 0 N–H and O–H groups in total.